The number of amides is 2. The van der Waals surface area contributed by atoms with Gasteiger partial charge in [0, 0.05) is 13.0 Å². The van der Waals surface area contributed by atoms with Crippen LogP contribution in [-0.4, -0.2) is 33.7 Å². The molecule has 1 N–H and O–H groups in total. The van der Waals surface area contributed by atoms with Crippen molar-refractivity contribution in [2.75, 3.05) is 11.9 Å². The normalized spacial score (nSPS) is 17.6. The summed E-state index contributed by atoms with van der Waals surface area (Å²) in [4.78, 5) is 31.8. The molecule has 0 saturated carbocycles. The number of rotatable bonds is 9. The summed E-state index contributed by atoms with van der Waals surface area (Å²) in [6, 6.07) is 11.4. The molecule has 35 heavy (non-hydrogen) atoms. The average Bonchev–Trinajstić information content (AvgIpc) is 2.81. The third-order valence-electron chi connectivity index (χ3n) is 5.45. The second-order valence-corrected chi connectivity index (χ2v) is 9.76. The summed E-state index contributed by atoms with van der Waals surface area (Å²) >= 11 is 7.20. The van der Waals surface area contributed by atoms with E-state index in [2.05, 4.69) is 17.2 Å². The zero-order valence-corrected chi connectivity index (χ0v) is 20.8. The van der Waals surface area contributed by atoms with Gasteiger partial charge in [-0.3, -0.25) is 14.5 Å². The second-order valence-electron chi connectivity index (χ2n) is 8.18. The number of nitrogens with zero attached hydrogens (tertiary/aromatic N) is 2. The zero-order chi connectivity index (χ0) is 25.4. The fraction of sp³-hybridized carbons (Fsp3) is 0.400. The Kier molecular flexibility index (Phi) is 9.63. The van der Waals surface area contributed by atoms with Gasteiger partial charge in [-0.1, -0.05) is 74.2 Å². The summed E-state index contributed by atoms with van der Waals surface area (Å²) in [5, 5.41) is 2.52. The van der Waals surface area contributed by atoms with Crippen LogP contribution >= 0.6 is 23.4 Å². The Morgan fingerprint density at radius 3 is 2.60 bits per heavy atom. The lowest BCUT2D eigenvalue weighted by Gasteiger charge is -2.32. The smallest absolute Gasteiger partial charge is 0.324 e. The Labute approximate surface area is 212 Å². The van der Waals surface area contributed by atoms with Crippen molar-refractivity contribution in [3.05, 3.63) is 59.1 Å². The van der Waals surface area contributed by atoms with Crippen LogP contribution in [0.15, 0.2) is 53.5 Å². The molecule has 10 heteroatoms. The number of aliphatic imine (C=N–C) groups is 1. The minimum absolute atomic E-state index is 0.0441. The van der Waals surface area contributed by atoms with Crippen molar-refractivity contribution in [1.82, 2.24) is 4.90 Å². The summed E-state index contributed by atoms with van der Waals surface area (Å²) in [7, 11) is 0. The highest BCUT2D eigenvalue weighted by molar-refractivity contribution is 8.15. The Morgan fingerprint density at radius 1 is 1.14 bits per heavy atom. The number of thioether (sulfide) groups is 1. The molecular formula is C25H27ClF3N3O2S. The van der Waals surface area contributed by atoms with Gasteiger partial charge in [0.15, 0.2) is 5.17 Å². The van der Waals surface area contributed by atoms with Crippen LogP contribution in [0.4, 0.5) is 24.5 Å². The van der Waals surface area contributed by atoms with Gasteiger partial charge in [-0.15, -0.1) is 0 Å². The van der Waals surface area contributed by atoms with Gasteiger partial charge in [-0.2, -0.15) is 13.2 Å². The minimum Gasteiger partial charge on any atom is -0.324 e. The monoisotopic (exact) mass is 525 g/mol. The summed E-state index contributed by atoms with van der Waals surface area (Å²) in [6.07, 6.45) is 0.329. The molecule has 1 aliphatic rings. The third kappa shape index (κ3) is 7.73. The van der Waals surface area contributed by atoms with Crippen molar-refractivity contribution in [2.24, 2.45) is 4.99 Å². The van der Waals surface area contributed by atoms with Crippen molar-refractivity contribution < 1.29 is 22.8 Å². The first-order chi connectivity index (χ1) is 16.7. The molecule has 0 radical (unpaired) electrons. The molecule has 0 spiro atoms. The van der Waals surface area contributed by atoms with Gasteiger partial charge in [-0.25, -0.2) is 4.99 Å². The molecule has 1 heterocycles. The molecule has 1 atom stereocenters. The molecule has 2 aromatic rings. The number of halogens is 4. The van der Waals surface area contributed by atoms with E-state index < -0.39 is 22.9 Å². The topological polar surface area (TPSA) is 61.8 Å². The fourth-order valence-corrected chi connectivity index (χ4v) is 4.88. The predicted octanol–water partition coefficient (Wildman–Crippen LogP) is 7.29. The van der Waals surface area contributed by atoms with E-state index in [0.717, 1.165) is 56.0 Å². The lowest BCUT2D eigenvalue weighted by atomic mass is 10.1. The lowest BCUT2D eigenvalue weighted by Crippen LogP contribution is -2.45. The van der Waals surface area contributed by atoms with E-state index in [-0.39, 0.29) is 23.2 Å². The minimum atomic E-state index is -4.51. The van der Waals surface area contributed by atoms with E-state index >= 15 is 0 Å². The number of unbranched alkanes of at least 4 members (excludes halogenated alkanes) is 4. The number of hydrogen-bond acceptors (Lipinski definition) is 4. The summed E-state index contributed by atoms with van der Waals surface area (Å²) in [5.41, 5.74) is -0.342. The average molecular weight is 526 g/mol. The molecule has 2 aromatic carbocycles. The summed E-state index contributed by atoms with van der Waals surface area (Å²) in [5.74, 6) is -0.708. The number of para-hydroxylation sites is 1. The molecule has 3 rings (SSSR count). The van der Waals surface area contributed by atoms with Crippen LogP contribution in [0.5, 0.6) is 0 Å². The quantitative estimate of drug-likeness (QED) is 0.350. The first-order valence-corrected chi connectivity index (χ1v) is 12.7. The van der Waals surface area contributed by atoms with Gasteiger partial charge >= 0.3 is 6.18 Å². The number of carbonyl (C=O) groups is 2. The van der Waals surface area contributed by atoms with E-state index in [1.807, 2.05) is 0 Å². The molecule has 0 aliphatic carbocycles. The summed E-state index contributed by atoms with van der Waals surface area (Å²) in [6.45, 7) is 2.50. The van der Waals surface area contributed by atoms with Gasteiger partial charge in [0.2, 0.25) is 11.8 Å². The van der Waals surface area contributed by atoms with Crippen LogP contribution in [0.25, 0.3) is 0 Å². The maximum atomic E-state index is 13.2. The summed E-state index contributed by atoms with van der Waals surface area (Å²) < 4.78 is 39.5. The van der Waals surface area contributed by atoms with Crippen LogP contribution < -0.4 is 5.32 Å². The van der Waals surface area contributed by atoms with Gasteiger partial charge in [0.05, 0.1) is 22.0 Å². The molecule has 0 aromatic heterocycles. The molecule has 1 fully saturated rings. The zero-order valence-electron chi connectivity index (χ0n) is 19.3. The van der Waals surface area contributed by atoms with Gasteiger partial charge in [0.1, 0.15) is 5.25 Å². The Hall–Kier alpha value is -2.52. The van der Waals surface area contributed by atoms with Gasteiger partial charge in [-0.05, 0) is 36.8 Å². The first-order valence-electron chi connectivity index (χ1n) is 11.5. The van der Waals surface area contributed by atoms with Crippen LogP contribution in [-0.2, 0) is 15.8 Å². The van der Waals surface area contributed by atoms with E-state index in [0.29, 0.717) is 17.3 Å². The highest BCUT2D eigenvalue weighted by atomic mass is 35.5. The Balaban J connectivity index is 1.83. The second kappa shape index (κ2) is 12.4. The van der Waals surface area contributed by atoms with Crippen molar-refractivity contribution in [2.45, 2.75) is 56.9 Å². The van der Waals surface area contributed by atoms with Crippen LogP contribution in [0.1, 0.15) is 51.0 Å². The molecule has 2 amide bonds. The highest BCUT2D eigenvalue weighted by Gasteiger charge is 2.36. The SMILES string of the molecule is CCCCCCCN1C(=O)CC(C(=O)Nc2ccccc2Cl)SC1=Nc1cccc(C(F)(F)F)c1. The maximum Gasteiger partial charge on any atom is 0.416 e. The fourth-order valence-electron chi connectivity index (χ4n) is 3.57. The molecule has 1 aliphatic heterocycles. The van der Waals surface area contributed by atoms with E-state index in [4.69, 9.17) is 11.6 Å². The standard InChI is InChI=1S/C25H27ClF3N3O2S/c1-2-3-4-5-8-14-32-22(33)16-21(23(34)31-20-13-7-6-12-19(20)26)35-24(32)30-18-11-9-10-17(15-18)25(27,28)29/h6-7,9-13,15,21H,2-5,8,14,16H2,1H3,(H,31,34). The number of carbonyl (C=O) groups excluding carboxylic acids is 2. The lowest BCUT2D eigenvalue weighted by molar-refractivity contribution is -0.137. The molecule has 1 saturated heterocycles. The van der Waals surface area contributed by atoms with E-state index in [1.165, 1.54) is 17.0 Å². The maximum absolute atomic E-state index is 13.2. The number of benzene rings is 2. The van der Waals surface area contributed by atoms with Crippen LogP contribution in [0.2, 0.25) is 5.02 Å². The number of hydrogen-bond donors (Lipinski definition) is 1. The van der Waals surface area contributed by atoms with Crippen LogP contribution in [0.3, 0.4) is 0 Å². The Morgan fingerprint density at radius 2 is 1.89 bits per heavy atom. The Bertz CT molecular complexity index is 1080. The number of anilines is 1. The molecule has 188 valence electrons. The van der Waals surface area contributed by atoms with Crippen molar-refractivity contribution in [1.29, 1.82) is 0 Å². The largest absolute Gasteiger partial charge is 0.416 e. The highest BCUT2D eigenvalue weighted by Crippen LogP contribution is 2.34. The molecular weight excluding hydrogens is 499 g/mol. The number of nitrogens with one attached hydrogen (secondary N) is 1. The van der Waals surface area contributed by atoms with Crippen LogP contribution in [0, 0.1) is 0 Å². The number of amidine groups is 1. The molecule has 1 unspecified atom stereocenters. The van der Waals surface area contributed by atoms with Crippen molar-refractivity contribution >= 4 is 51.7 Å². The van der Waals surface area contributed by atoms with E-state index in [9.17, 15) is 22.8 Å². The first kappa shape index (κ1) is 27.1. The van der Waals surface area contributed by atoms with Gasteiger partial charge < -0.3 is 5.32 Å². The molecule has 0 bridgehead atoms. The van der Waals surface area contributed by atoms with Gasteiger partial charge in [0.25, 0.3) is 0 Å². The third-order valence-corrected chi connectivity index (χ3v) is 6.96. The van der Waals surface area contributed by atoms with E-state index in [1.54, 1.807) is 24.3 Å². The molecule has 5 nitrogen and oxygen atoms in total. The van der Waals surface area contributed by atoms with Crippen molar-refractivity contribution in [3.8, 4) is 0 Å². The van der Waals surface area contributed by atoms with Crippen molar-refractivity contribution in [3.63, 3.8) is 0 Å². The predicted molar refractivity (Wildman–Crippen MR) is 135 cm³/mol. The number of alkyl halides is 3.